The summed E-state index contributed by atoms with van der Waals surface area (Å²) in [6, 6.07) is 14.2. The van der Waals surface area contributed by atoms with E-state index in [-0.39, 0.29) is 18.4 Å². The van der Waals surface area contributed by atoms with Crippen molar-refractivity contribution in [3.05, 3.63) is 54.1 Å². The van der Waals surface area contributed by atoms with Gasteiger partial charge in [-0.05, 0) is 42.8 Å². The molecule has 0 spiro atoms. The third-order valence-electron chi connectivity index (χ3n) is 3.78. The van der Waals surface area contributed by atoms with Gasteiger partial charge in [0, 0.05) is 36.7 Å². The van der Waals surface area contributed by atoms with E-state index in [9.17, 15) is 9.59 Å². The molecule has 0 bridgehead atoms. The molecule has 0 fully saturated rings. The van der Waals surface area contributed by atoms with Gasteiger partial charge in [-0.3, -0.25) is 9.59 Å². The van der Waals surface area contributed by atoms with Crippen LogP contribution in [0.25, 0.3) is 0 Å². The Kier molecular flexibility index (Phi) is 8.81. The van der Waals surface area contributed by atoms with Crippen LogP contribution in [-0.2, 0) is 9.53 Å². The van der Waals surface area contributed by atoms with Crippen LogP contribution in [0.4, 0.5) is 11.4 Å². The maximum atomic E-state index is 12.1. The fourth-order valence-corrected chi connectivity index (χ4v) is 2.38. The molecule has 0 aliphatic rings. The summed E-state index contributed by atoms with van der Waals surface area (Å²) >= 11 is 0. The lowest BCUT2D eigenvalue weighted by Crippen LogP contribution is -2.26. The van der Waals surface area contributed by atoms with Crippen molar-refractivity contribution in [1.82, 2.24) is 5.32 Å². The maximum Gasteiger partial charge on any atom is 0.251 e. The molecule has 0 atom stereocenters. The molecule has 0 heterocycles. The topological polar surface area (TPSA) is 88.7 Å². The molecule has 3 N–H and O–H groups in total. The second-order valence-corrected chi connectivity index (χ2v) is 6.10. The third-order valence-corrected chi connectivity index (χ3v) is 3.78. The highest BCUT2D eigenvalue weighted by Gasteiger charge is 2.06. The normalized spacial score (nSPS) is 10.2. The van der Waals surface area contributed by atoms with Crippen LogP contribution < -0.4 is 20.7 Å². The molecule has 0 aliphatic heterocycles. The zero-order valence-electron chi connectivity index (χ0n) is 16.3. The first-order valence-electron chi connectivity index (χ1n) is 9.26. The van der Waals surface area contributed by atoms with Gasteiger partial charge in [0.15, 0.2) is 0 Å². The smallest absolute Gasteiger partial charge is 0.251 e. The zero-order chi connectivity index (χ0) is 20.2. The van der Waals surface area contributed by atoms with Gasteiger partial charge in [-0.2, -0.15) is 0 Å². The summed E-state index contributed by atoms with van der Waals surface area (Å²) in [5, 5.41) is 8.62. The van der Waals surface area contributed by atoms with Gasteiger partial charge in [0.2, 0.25) is 5.91 Å². The zero-order valence-corrected chi connectivity index (χ0v) is 16.3. The number of hydrogen-bond acceptors (Lipinski definition) is 5. The number of hydrogen-bond donors (Lipinski definition) is 3. The average Bonchev–Trinajstić information content (AvgIpc) is 2.71. The van der Waals surface area contributed by atoms with E-state index in [0.717, 1.165) is 17.9 Å². The number of rotatable bonds is 11. The lowest BCUT2D eigenvalue weighted by atomic mass is 10.2. The maximum absolute atomic E-state index is 12.1. The lowest BCUT2D eigenvalue weighted by molar-refractivity contribution is -0.114. The van der Waals surface area contributed by atoms with Gasteiger partial charge < -0.3 is 25.4 Å². The van der Waals surface area contributed by atoms with Gasteiger partial charge in [0.05, 0.1) is 19.8 Å². The van der Waals surface area contributed by atoms with Crippen molar-refractivity contribution in [2.45, 2.75) is 13.3 Å². The van der Waals surface area contributed by atoms with Gasteiger partial charge in [0.1, 0.15) is 5.75 Å². The van der Waals surface area contributed by atoms with Crippen molar-refractivity contribution >= 4 is 23.2 Å². The second-order valence-electron chi connectivity index (χ2n) is 6.10. The average molecular weight is 385 g/mol. The van der Waals surface area contributed by atoms with E-state index in [1.54, 1.807) is 37.4 Å². The minimum absolute atomic E-state index is 0.111. The summed E-state index contributed by atoms with van der Waals surface area (Å²) in [5.74, 6) is 0.396. The van der Waals surface area contributed by atoms with Crippen LogP contribution in [0.2, 0.25) is 0 Å². The number of carbonyl (C=O) groups is 2. The van der Waals surface area contributed by atoms with E-state index in [4.69, 9.17) is 9.47 Å². The Labute approximate surface area is 165 Å². The first-order chi connectivity index (χ1) is 13.6. The number of anilines is 2. The first kappa shape index (κ1) is 21.2. The van der Waals surface area contributed by atoms with Crippen LogP contribution in [0.5, 0.6) is 5.75 Å². The number of amides is 2. The standard InChI is InChI=1S/C21H27N3O4/c1-3-12-28-19-6-4-5-18(14-19)24-20(25)15-23-17-9-7-16(8-10-17)21(26)22-11-13-27-2/h4-10,14,23H,3,11-13,15H2,1-2H3,(H,22,26)(H,24,25). The third kappa shape index (κ3) is 7.28. The van der Waals surface area contributed by atoms with Crippen LogP contribution in [0.15, 0.2) is 48.5 Å². The van der Waals surface area contributed by atoms with E-state index in [1.165, 1.54) is 0 Å². The van der Waals surface area contributed by atoms with Crippen LogP contribution >= 0.6 is 0 Å². The van der Waals surface area contributed by atoms with Gasteiger partial charge in [-0.25, -0.2) is 0 Å². The number of carbonyl (C=O) groups excluding carboxylic acids is 2. The Bertz CT molecular complexity index is 763. The van der Waals surface area contributed by atoms with Crippen LogP contribution in [0.1, 0.15) is 23.7 Å². The molecule has 2 aromatic rings. The Morgan fingerprint density at radius 3 is 2.50 bits per heavy atom. The molecule has 0 aliphatic carbocycles. The predicted molar refractivity (Wildman–Crippen MR) is 110 cm³/mol. The Morgan fingerprint density at radius 2 is 1.79 bits per heavy atom. The monoisotopic (exact) mass is 385 g/mol. The number of nitrogens with one attached hydrogen (secondary N) is 3. The molecule has 7 heteroatoms. The van der Waals surface area contributed by atoms with Gasteiger partial charge in [0.25, 0.3) is 5.91 Å². The predicted octanol–water partition coefficient (Wildman–Crippen LogP) is 2.90. The molecule has 150 valence electrons. The molecule has 0 aromatic heterocycles. The highest BCUT2D eigenvalue weighted by Crippen LogP contribution is 2.17. The molecule has 7 nitrogen and oxygen atoms in total. The highest BCUT2D eigenvalue weighted by molar-refractivity contribution is 5.95. The fourth-order valence-electron chi connectivity index (χ4n) is 2.38. The molecule has 2 rings (SSSR count). The number of benzene rings is 2. The molecule has 0 radical (unpaired) electrons. The van der Waals surface area contributed by atoms with Crippen LogP contribution in [-0.4, -0.2) is 45.2 Å². The Morgan fingerprint density at radius 1 is 1.00 bits per heavy atom. The molecule has 28 heavy (non-hydrogen) atoms. The Balaban J connectivity index is 1.80. The molecular weight excluding hydrogens is 358 g/mol. The van der Waals surface area contributed by atoms with E-state index >= 15 is 0 Å². The van der Waals surface area contributed by atoms with Crippen molar-refractivity contribution in [3.8, 4) is 5.75 Å². The molecule has 2 aromatic carbocycles. The van der Waals surface area contributed by atoms with Crippen molar-refractivity contribution in [1.29, 1.82) is 0 Å². The number of methoxy groups -OCH3 is 1. The van der Waals surface area contributed by atoms with Crippen molar-refractivity contribution in [2.24, 2.45) is 0 Å². The molecule has 0 saturated carbocycles. The summed E-state index contributed by atoms with van der Waals surface area (Å²) in [5.41, 5.74) is 1.99. The lowest BCUT2D eigenvalue weighted by Gasteiger charge is -2.10. The quantitative estimate of drug-likeness (QED) is 0.518. The molecule has 0 saturated heterocycles. The summed E-state index contributed by atoms with van der Waals surface area (Å²) in [4.78, 5) is 24.1. The largest absolute Gasteiger partial charge is 0.494 e. The van der Waals surface area contributed by atoms with Gasteiger partial charge >= 0.3 is 0 Å². The molecule has 2 amide bonds. The first-order valence-corrected chi connectivity index (χ1v) is 9.26. The minimum Gasteiger partial charge on any atom is -0.494 e. The van der Waals surface area contributed by atoms with Gasteiger partial charge in [-0.15, -0.1) is 0 Å². The van der Waals surface area contributed by atoms with Gasteiger partial charge in [-0.1, -0.05) is 13.0 Å². The summed E-state index contributed by atoms with van der Waals surface area (Å²) < 4.78 is 10.5. The van der Waals surface area contributed by atoms with E-state index in [0.29, 0.717) is 31.0 Å². The summed E-state index contributed by atoms with van der Waals surface area (Å²) in [7, 11) is 1.58. The molecule has 0 unspecified atom stereocenters. The Hall–Kier alpha value is -3.06. The summed E-state index contributed by atoms with van der Waals surface area (Å²) in [6.45, 7) is 3.71. The van der Waals surface area contributed by atoms with Crippen LogP contribution in [0.3, 0.4) is 0 Å². The minimum atomic E-state index is -0.172. The van der Waals surface area contributed by atoms with Crippen molar-refractivity contribution in [3.63, 3.8) is 0 Å². The van der Waals surface area contributed by atoms with Crippen molar-refractivity contribution < 1.29 is 19.1 Å². The van der Waals surface area contributed by atoms with E-state index in [2.05, 4.69) is 16.0 Å². The molecular formula is C21H27N3O4. The fraction of sp³-hybridized carbons (Fsp3) is 0.333. The second kappa shape index (κ2) is 11.6. The van der Waals surface area contributed by atoms with Crippen LogP contribution in [0, 0.1) is 0 Å². The summed E-state index contributed by atoms with van der Waals surface area (Å²) in [6.07, 6.45) is 0.925. The van der Waals surface area contributed by atoms with E-state index < -0.39 is 0 Å². The number of ether oxygens (including phenoxy) is 2. The SMILES string of the molecule is CCCOc1cccc(NC(=O)CNc2ccc(C(=O)NCCOC)cc2)c1. The van der Waals surface area contributed by atoms with E-state index in [1.807, 2.05) is 25.1 Å². The van der Waals surface area contributed by atoms with Crippen molar-refractivity contribution in [2.75, 3.05) is 44.0 Å². The highest BCUT2D eigenvalue weighted by atomic mass is 16.5.